The minimum absolute atomic E-state index is 0.0171. The summed E-state index contributed by atoms with van der Waals surface area (Å²) >= 11 is 16.5. The maximum atomic E-state index is 12.8. The highest BCUT2D eigenvalue weighted by atomic mass is 79.9. The average molecular weight is 498 g/mol. The molecule has 2 aromatic carbocycles. The fourth-order valence-electron chi connectivity index (χ4n) is 2.49. The molecule has 0 saturated carbocycles. The highest BCUT2D eigenvalue weighted by Crippen LogP contribution is 2.37. The number of thioether (sulfide) groups is 1. The Balaban J connectivity index is 1.90. The molecular weight excluding hydrogens is 487 g/mol. The Kier molecular flexibility index (Phi) is 6.68. The van der Waals surface area contributed by atoms with Gasteiger partial charge in [0.15, 0.2) is 6.61 Å². The normalized spacial score (nSPS) is 15.2. The van der Waals surface area contributed by atoms with Crippen molar-refractivity contribution in [1.29, 1.82) is 5.26 Å². The quantitative estimate of drug-likeness (QED) is 0.481. The molecule has 1 aliphatic rings. The second-order valence-corrected chi connectivity index (χ2v) is 8.32. The number of amides is 2. The fourth-order valence-corrected chi connectivity index (χ4v) is 4.22. The molecule has 5 nitrogen and oxygen atoms in total. The number of rotatable bonds is 5. The average Bonchev–Trinajstić information content (AvgIpc) is 2.91. The van der Waals surface area contributed by atoms with Crippen LogP contribution in [0.25, 0.3) is 6.08 Å². The summed E-state index contributed by atoms with van der Waals surface area (Å²) in [6.45, 7) is -0.147. The molecule has 1 heterocycles. The van der Waals surface area contributed by atoms with Gasteiger partial charge in [0.05, 0.1) is 11.4 Å². The standard InChI is InChI=1S/C19H11BrCl2N2O3S/c20-12-4-5-16(27-7-6-23)11(8-12)9-17-18(25)24(19(26)28-17)10-13-14(21)2-1-3-15(13)22/h1-5,8-9H,7,10H2/b17-9-. The van der Waals surface area contributed by atoms with Gasteiger partial charge in [-0.25, -0.2) is 0 Å². The zero-order valence-corrected chi connectivity index (χ0v) is 18.0. The van der Waals surface area contributed by atoms with E-state index in [1.807, 2.05) is 6.07 Å². The van der Waals surface area contributed by atoms with Gasteiger partial charge in [0, 0.05) is 25.6 Å². The predicted octanol–water partition coefficient (Wildman–Crippen LogP) is 5.89. The van der Waals surface area contributed by atoms with Crippen molar-refractivity contribution in [3.8, 4) is 11.8 Å². The van der Waals surface area contributed by atoms with Crippen molar-refractivity contribution in [2.45, 2.75) is 6.54 Å². The molecule has 0 aromatic heterocycles. The van der Waals surface area contributed by atoms with Crippen molar-refractivity contribution in [2.75, 3.05) is 6.61 Å². The van der Waals surface area contributed by atoms with E-state index in [2.05, 4.69) is 15.9 Å². The molecule has 1 saturated heterocycles. The number of carbonyl (C=O) groups is 2. The van der Waals surface area contributed by atoms with Gasteiger partial charge in [0.25, 0.3) is 11.1 Å². The first-order valence-corrected chi connectivity index (χ1v) is 10.2. The van der Waals surface area contributed by atoms with E-state index in [4.69, 9.17) is 33.2 Å². The molecule has 2 amide bonds. The van der Waals surface area contributed by atoms with Gasteiger partial charge < -0.3 is 4.74 Å². The summed E-state index contributed by atoms with van der Waals surface area (Å²) in [7, 11) is 0. The molecule has 1 aliphatic heterocycles. The lowest BCUT2D eigenvalue weighted by Crippen LogP contribution is -2.27. The van der Waals surface area contributed by atoms with Gasteiger partial charge in [-0.2, -0.15) is 5.26 Å². The number of carbonyl (C=O) groups excluding carboxylic acids is 2. The molecule has 3 rings (SSSR count). The number of benzene rings is 2. The van der Waals surface area contributed by atoms with E-state index in [9.17, 15) is 9.59 Å². The molecule has 0 bridgehead atoms. The van der Waals surface area contributed by atoms with Gasteiger partial charge in [-0.3, -0.25) is 14.5 Å². The van der Waals surface area contributed by atoms with Crippen molar-refractivity contribution in [2.24, 2.45) is 0 Å². The summed E-state index contributed by atoms with van der Waals surface area (Å²) in [5.74, 6) is -0.0112. The monoisotopic (exact) mass is 496 g/mol. The first kappa shape index (κ1) is 20.7. The van der Waals surface area contributed by atoms with Crippen LogP contribution in [0, 0.1) is 11.3 Å². The maximum Gasteiger partial charge on any atom is 0.293 e. The summed E-state index contributed by atoms with van der Waals surface area (Å²) in [6, 6.07) is 12.1. The molecule has 28 heavy (non-hydrogen) atoms. The van der Waals surface area contributed by atoms with Gasteiger partial charge in [0.1, 0.15) is 11.8 Å². The van der Waals surface area contributed by atoms with Crippen LogP contribution in [-0.4, -0.2) is 22.7 Å². The number of imide groups is 1. The number of nitriles is 1. The molecule has 2 aromatic rings. The Bertz CT molecular complexity index is 1020. The minimum Gasteiger partial charge on any atom is -0.478 e. The highest BCUT2D eigenvalue weighted by Gasteiger charge is 2.36. The third-order valence-electron chi connectivity index (χ3n) is 3.80. The van der Waals surface area contributed by atoms with Crippen molar-refractivity contribution in [1.82, 2.24) is 4.90 Å². The van der Waals surface area contributed by atoms with Gasteiger partial charge in [-0.05, 0) is 48.2 Å². The SMILES string of the molecule is N#CCOc1ccc(Br)cc1/C=C1\SC(=O)N(Cc2c(Cl)cccc2Cl)C1=O. The molecular formula is C19H11BrCl2N2O3S. The Morgan fingerprint density at radius 2 is 1.93 bits per heavy atom. The van der Waals surface area contributed by atoms with Crippen LogP contribution in [-0.2, 0) is 11.3 Å². The Morgan fingerprint density at radius 1 is 1.21 bits per heavy atom. The van der Waals surface area contributed by atoms with Crippen LogP contribution in [0.1, 0.15) is 11.1 Å². The van der Waals surface area contributed by atoms with E-state index in [0.29, 0.717) is 26.9 Å². The summed E-state index contributed by atoms with van der Waals surface area (Å²) in [5, 5.41) is 9.08. The van der Waals surface area contributed by atoms with Gasteiger partial charge >= 0.3 is 0 Å². The molecule has 9 heteroatoms. The number of ether oxygens (including phenoxy) is 1. The summed E-state index contributed by atoms with van der Waals surface area (Å²) in [6.07, 6.45) is 1.57. The van der Waals surface area contributed by atoms with Crippen molar-refractivity contribution in [3.63, 3.8) is 0 Å². The molecule has 1 fully saturated rings. The molecule has 0 radical (unpaired) electrons. The Morgan fingerprint density at radius 3 is 2.61 bits per heavy atom. The Labute approximate surface area is 184 Å². The maximum absolute atomic E-state index is 12.8. The molecule has 0 spiro atoms. The second-order valence-electron chi connectivity index (χ2n) is 5.60. The van der Waals surface area contributed by atoms with Crippen LogP contribution in [0.2, 0.25) is 10.0 Å². The van der Waals surface area contributed by atoms with Crippen LogP contribution in [0.4, 0.5) is 4.79 Å². The molecule has 0 aliphatic carbocycles. The molecule has 0 atom stereocenters. The number of hydrogen-bond acceptors (Lipinski definition) is 5. The predicted molar refractivity (Wildman–Crippen MR) is 113 cm³/mol. The van der Waals surface area contributed by atoms with Crippen molar-refractivity contribution < 1.29 is 14.3 Å². The third kappa shape index (κ3) is 4.53. The van der Waals surface area contributed by atoms with Crippen molar-refractivity contribution >= 4 is 68.1 Å². The molecule has 142 valence electrons. The smallest absolute Gasteiger partial charge is 0.293 e. The van der Waals surface area contributed by atoms with Gasteiger partial charge in [-0.1, -0.05) is 45.2 Å². The largest absolute Gasteiger partial charge is 0.478 e. The lowest BCUT2D eigenvalue weighted by Gasteiger charge is -2.14. The van der Waals surface area contributed by atoms with Crippen LogP contribution >= 0.6 is 50.9 Å². The summed E-state index contributed by atoms with van der Waals surface area (Å²) in [5.41, 5.74) is 1.08. The second kappa shape index (κ2) is 9.01. The first-order valence-electron chi connectivity index (χ1n) is 7.88. The topological polar surface area (TPSA) is 70.4 Å². The summed E-state index contributed by atoms with van der Waals surface area (Å²) in [4.78, 5) is 26.5. The molecule has 0 unspecified atom stereocenters. The number of halogens is 3. The zero-order valence-electron chi connectivity index (χ0n) is 14.1. The number of nitrogens with zero attached hydrogens (tertiary/aromatic N) is 2. The van der Waals surface area contributed by atoms with E-state index in [-0.39, 0.29) is 18.1 Å². The van der Waals surface area contributed by atoms with Crippen LogP contribution < -0.4 is 4.74 Å². The Hall–Kier alpha value is -1.98. The van der Waals surface area contributed by atoms with Gasteiger partial charge in [0.2, 0.25) is 0 Å². The first-order chi connectivity index (χ1) is 13.4. The lowest BCUT2D eigenvalue weighted by molar-refractivity contribution is -0.123. The number of hydrogen-bond donors (Lipinski definition) is 0. The third-order valence-corrected chi connectivity index (χ3v) is 5.91. The zero-order chi connectivity index (χ0) is 20.3. The van der Waals surface area contributed by atoms with Crippen LogP contribution in [0.15, 0.2) is 45.8 Å². The lowest BCUT2D eigenvalue weighted by atomic mass is 10.1. The van der Waals surface area contributed by atoms with E-state index < -0.39 is 11.1 Å². The van der Waals surface area contributed by atoms with Crippen LogP contribution in [0.3, 0.4) is 0 Å². The summed E-state index contributed by atoms with van der Waals surface area (Å²) < 4.78 is 6.16. The molecule has 0 N–H and O–H groups in total. The van der Waals surface area contributed by atoms with Crippen molar-refractivity contribution in [3.05, 3.63) is 66.9 Å². The van der Waals surface area contributed by atoms with E-state index >= 15 is 0 Å². The van der Waals surface area contributed by atoms with E-state index in [0.717, 1.165) is 21.1 Å². The minimum atomic E-state index is -0.447. The fraction of sp³-hybridized carbons (Fsp3) is 0.105. The highest BCUT2D eigenvalue weighted by molar-refractivity contribution is 9.10. The van der Waals surface area contributed by atoms with E-state index in [1.165, 1.54) is 0 Å². The van der Waals surface area contributed by atoms with E-state index in [1.54, 1.807) is 42.5 Å². The van der Waals surface area contributed by atoms with Gasteiger partial charge in [-0.15, -0.1) is 0 Å². The van der Waals surface area contributed by atoms with Crippen LogP contribution in [0.5, 0.6) is 5.75 Å².